The van der Waals surface area contributed by atoms with E-state index in [0.717, 1.165) is 46.7 Å². The summed E-state index contributed by atoms with van der Waals surface area (Å²) in [5.74, 6) is 1.04. The van der Waals surface area contributed by atoms with Crippen molar-refractivity contribution in [3.8, 4) is 5.75 Å². The van der Waals surface area contributed by atoms with Gasteiger partial charge in [0.25, 0.3) is 6.43 Å². The molecule has 2 aliphatic rings. The van der Waals surface area contributed by atoms with Gasteiger partial charge in [-0.05, 0) is 58.1 Å². The van der Waals surface area contributed by atoms with E-state index >= 15 is 0 Å². The summed E-state index contributed by atoms with van der Waals surface area (Å²) in [6.07, 6.45) is -0.640. The van der Waals surface area contributed by atoms with Gasteiger partial charge in [-0.3, -0.25) is 4.79 Å². The molecular formula is C30H35F3N4O3. The Kier molecular flexibility index (Phi) is 7.65. The number of aliphatic hydroxyl groups is 1. The molecule has 2 aromatic carbocycles. The quantitative estimate of drug-likeness (QED) is 0.372. The molecule has 1 aromatic heterocycles. The van der Waals surface area contributed by atoms with Gasteiger partial charge in [-0.2, -0.15) is 0 Å². The number of nitrogens with zero attached hydrogens (tertiary/aromatic N) is 3. The summed E-state index contributed by atoms with van der Waals surface area (Å²) < 4.78 is 47.7. The molecule has 7 nitrogen and oxygen atoms in total. The van der Waals surface area contributed by atoms with E-state index in [1.807, 2.05) is 6.07 Å². The summed E-state index contributed by atoms with van der Waals surface area (Å²) >= 11 is 0. The summed E-state index contributed by atoms with van der Waals surface area (Å²) in [5, 5.41) is 14.1. The number of benzene rings is 2. The van der Waals surface area contributed by atoms with Crippen molar-refractivity contribution in [1.29, 1.82) is 0 Å². The summed E-state index contributed by atoms with van der Waals surface area (Å²) in [5.41, 5.74) is 1.25. The van der Waals surface area contributed by atoms with Crippen LogP contribution in [-0.2, 0) is 11.2 Å². The maximum absolute atomic E-state index is 14.9. The number of aryl methyl sites for hydroxylation is 1. The number of hydrogen-bond acceptors (Lipinski definition) is 6. The van der Waals surface area contributed by atoms with E-state index in [0.29, 0.717) is 37.8 Å². The van der Waals surface area contributed by atoms with E-state index < -0.39 is 29.4 Å². The van der Waals surface area contributed by atoms with Crippen LogP contribution in [-0.4, -0.2) is 51.2 Å². The maximum Gasteiger partial charge on any atom is 0.266 e. The van der Waals surface area contributed by atoms with Crippen molar-refractivity contribution in [2.45, 2.75) is 77.4 Å². The Morgan fingerprint density at radius 2 is 1.93 bits per heavy atom. The SMILES string of the molecule is Cc1nc(NC(C)c2cccc(C(F)F)c2F)c2cc(C3CCN(C(=O)CC(C)(C)O)CC3)c3c(c2n1)CCO3. The molecule has 1 saturated heterocycles. The van der Waals surface area contributed by atoms with Gasteiger partial charge in [-0.15, -0.1) is 0 Å². The average molecular weight is 557 g/mol. The predicted molar refractivity (Wildman–Crippen MR) is 146 cm³/mol. The number of amides is 1. The fourth-order valence-electron chi connectivity index (χ4n) is 5.80. The molecule has 214 valence electrons. The van der Waals surface area contributed by atoms with Gasteiger partial charge >= 0.3 is 0 Å². The molecule has 0 spiro atoms. The standard InChI is InChI=1S/C30H35F3N4O3/c1-16(19-6-5-7-20(25(19)31)28(32)33)34-29-23-14-22(27-21(10-13-40-27)26(23)35-17(2)36-29)18-8-11-37(12-9-18)24(38)15-30(3,4)39/h5-7,14,16,18,28,39H,8-13,15H2,1-4H3,(H,34,35,36). The number of alkyl halides is 2. The number of aromatic nitrogens is 2. The summed E-state index contributed by atoms with van der Waals surface area (Å²) in [6, 6.07) is 5.43. The monoisotopic (exact) mass is 556 g/mol. The highest BCUT2D eigenvalue weighted by Crippen LogP contribution is 2.44. The first-order chi connectivity index (χ1) is 18.9. The van der Waals surface area contributed by atoms with Crippen molar-refractivity contribution < 1.29 is 27.8 Å². The topological polar surface area (TPSA) is 87.6 Å². The van der Waals surface area contributed by atoms with E-state index in [4.69, 9.17) is 9.72 Å². The molecule has 0 radical (unpaired) electrons. The van der Waals surface area contributed by atoms with Gasteiger partial charge in [0.15, 0.2) is 0 Å². The molecule has 1 amide bonds. The van der Waals surface area contributed by atoms with Gasteiger partial charge in [0.2, 0.25) is 5.91 Å². The number of halogens is 3. The van der Waals surface area contributed by atoms with Crippen LogP contribution in [0.4, 0.5) is 19.0 Å². The van der Waals surface area contributed by atoms with Crippen LogP contribution in [0.5, 0.6) is 5.75 Å². The second kappa shape index (κ2) is 10.9. The molecule has 40 heavy (non-hydrogen) atoms. The van der Waals surface area contributed by atoms with Crippen molar-refractivity contribution in [2.24, 2.45) is 0 Å². The third kappa shape index (κ3) is 5.59. The molecule has 3 heterocycles. The normalized spacial score (nSPS) is 16.8. The van der Waals surface area contributed by atoms with Crippen LogP contribution in [0.2, 0.25) is 0 Å². The van der Waals surface area contributed by atoms with E-state index in [-0.39, 0.29) is 23.8 Å². The molecule has 0 aliphatic carbocycles. The molecule has 1 atom stereocenters. The minimum absolute atomic E-state index is 0.0570. The first-order valence-electron chi connectivity index (χ1n) is 13.7. The van der Waals surface area contributed by atoms with Crippen LogP contribution >= 0.6 is 0 Å². The van der Waals surface area contributed by atoms with Crippen molar-refractivity contribution in [3.05, 3.63) is 58.2 Å². The predicted octanol–water partition coefficient (Wildman–Crippen LogP) is 5.99. The van der Waals surface area contributed by atoms with E-state index in [1.54, 1.807) is 32.6 Å². The number of ether oxygens (including phenoxy) is 1. The van der Waals surface area contributed by atoms with E-state index in [1.165, 1.54) is 12.1 Å². The lowest BCUT2D eigenvalue weighted by molar-refractivity contribution is -0.136. The number of nitrogens with one attached hydrogen (secondary N) is 1. The number of carbonyl (C=O) groups is 1. The molecule has 5 rings (SSSR count). The maximum atomic E-state index is 14.9. The Balaban J connectivity index is 1.47. The van der Waals surface area contributed by atoms with Gasteiger partial charge in [-0.25, -0.2) is 23.1 Å². The van der Waals surface area contributed by atoms with Crippen LogP contribution in [0, 0.1) is 12.7 Å². The van der Waals surface area contributed by atoms with Crippen LogP contribution in [0.1, 0.15) is 86.5 Å². The van der Waals surface area contributed by atoms with Crippen LogP contribution in [0.3, 0.4) is 0 Å². The first kappa shape index (κ1) is 28.1. The van der Waals surface area contributed by atoms with Crippen molar-refractivity contribution >= 4 is 22.6 Å². The largest absolute Gasteiger partial charge is 0.493 e. The Labute approximate surface area is 231 Å². The molecule has 2 aliphatic heterocycles. The highest BCUT2D eigenvalue weighted by atomic mass is 19.3. The van der Waals surface area contributed by atoms with Crippen LogP contribution in [0.15, 0.2) is 24.3 Å². The van der Waals surface area contributed by atoms with Gasteiger partial charge in [0, 0.05) is 36.0 Å². The fraction of sp³-hybridized carbons (Fsp3) is 0.500. The lowest BCUT2D eigenvalue weighted by Gasteiger charge is -2.34. The molecular weight excluding hydrogens is 521 g/mol. The van der Waals surface area contributed by atoms with Crippen molar-refractivity contribution in [3.63, 3.8) is 0 Å². The first-order valence-corrected chi connectivity index (χ1v) is 13.7. The Bertz CT molecular complexity index is 1430. The fourth-order valence-corrected chi connectivity index (χ4v) is 5.80. The highest BCUT2D eigenvalue weighted by Gasteiger charge is 2.32. The zero-order chi connectivity index (χ0) is 28.8. The summed E-state index contributed by atoms with van der Waals surface area (Å²) in [6.45, 7) is 8.47. The third-order valence-electron chi connectivity index (χ3n) is 7.76. The van der Waals surface area contributed by atoms with Gasteiger partial charge in [0.1, 0.15) is 23.2 Å². The van der Waals surface area contributed by atoms with Crippen molar-refractivity contribution in [2.75, 3.05) is 25.0 Å². The minimum Gasteiger partial charge on any atom is -0.493 e. The Morgan fingerprint density at radius 1 is 1.23 bits per heavy atom. The van der Waals surface area contributed by atoms with E-state index in [2.05, 4.69) is 10.3 Å². The number of rotatable bonds is 7. The number of hydrogen-bond donors (Lipinski definition) is 2. The van der Waals surface area contributed by atoms with Crippen LogP contribution < -0.4 is 10.1 Å². The molecule has 1 fully saturated rings. The lowest BCUT2D eigenvalue weighted by atomic mass is 9.86. The molecule has 3 aromatic rings. The Hall–Kier alpha value is -3.40. The molecule has 0 bridgehead atoms. The summed E-state index contributed by atoms with van der Waals surface area (Å²) in [4.78, 5) is 23.8. The number of likely N-dealkylation sites (tertiary alicyclic amines) is 1. The zero-order valence-electron chi connectivity index (χ0n) is 23.2. The second-order valence-corrected chi connectivity index (χ2v) is 11.4. The van der Waals surface area contributed by atoms with E-state index in [9.17, 15) is 23.1 Å². The number of fused-ring (bicyclic) bond motifs is 3. The average Bonchev–Trinajstić information content (AvgIpc) is 3.38. The highest BCUT2D eigenvalue weighted by molar-refractivity contribution is 5.94. The molecule has 2 N–H and O–H groups in total. The van der Waals surface area contributed by atoms with Gasteiger partial charge in [0.05, 0.1) is 35.8 Å². The smallest absolute Gasteiger partial charge is 0.266 e. The van der Waals surface area contributed by atoms with Crippen molar-refractivity contribution in [1.82, 2.24) is 14.9 Å². The summed E-state index contributed by atoms with van der Waals surface area (Å²) in [7, 11) is 0. The molecule has 1 unspecified atom stereocenters. The molecule has 0 saturated carbocycles. The van der Waals surface area contributed by atoms with Crippen LogP contribution in [0.25, 0.3) is 10.9 Å². The number of carbonyl (C=O) groups excluding carboxylic acids is 1. The zero-order valence-corrected chi connectivity index (χ0v) is 23.2. The minimum atomic E-state index is -2.91. The number of piperidine rings is 1. The van der Waals surface area contributed by atoms with Gasteiger partial charge < -0.3 is 20.1 Å². The second-order valence-electron chi connectivity index (χ2n) is 11.4. The Morgan fingerprint density at radius 3 is 2.60 bits per heavy atom. The molecule has 10 heteroatoms. The number of anilines is 1. The van der Waals surface area contributed by atoms with Gasteiger partial charge in [-0.1, -0.05) is 18.2 Å². The third-order valence-corrected chi connectivity index (χ3v) is 7.76. The lowest BCUT2D eigenvalue weighted by Crippen LogP contribution is -2.41.